The van der Waals surface area contributed by atoms with Gasteiger partial charge in [-0.15, -0.1) is 0 Å². The molecule has 2 heterocycles. The van der Waals surface area contributed by atoms with E-state index >= 15 is 0 Å². The van der Waals surface area contributed by atoms with Gasteiger partial charge in [0, 0.05) is 44.5 Å². The van der Waals surface area contributed by atoms with Crippen LogP contribution in [0.5, 0.6) is 0 Å². The lowest BCUT2D eigenvalue weighted by Gasteiger charge is -2.32. The summed E-state index contributed by atoms with van der Waals surface area (Å²) in [5.74, 6) is 0. The molecule has 2 rings (SSSR count). The molecule has 6 heteroatoms. The number of nitrogens with zero attached hydrogens (tertiary/aromatic N) is 3. The van der Waals surface area contributed by atoms with Crippen LogP contribution in [0.25, 0.3) is 0 Å². The van der Waals surface area contributed by atoms with Gasteiger partial charge in [-0.1, -0.05) is 0 Å². The fraction of sp³-hybridized carbons (Fsp3) is 0.765. The summed E-state index contributed by atoms with van der Waals surface area (Å²) in [4.78, 5) is 18.4. The highest BCUT2D eigenvalue weighted by Crippen LogP contribution is 2.23. The lowest BCUT2D eigenvalue weighted by atomic mass is 10.1. The Hall–Kier alpha value is -1.56. The number of likely N-dealkylation sites (tertiary alicyclic amines) is 1. The molecule has 0 unspecified atom stereocenters. The number of aromatic nitrogens is 2. The van der Waals surface area contributed by atoms with Crippen LogP contribution in [0, 0.1) is 0 Å². The number of imidazole rings is 1. The monoisotopic (exact) mass is 322 g/mol. The van der Waals surface area contributed by atoms with Crippen molar-refractivity contribution in [2.45, 2.75) is 64.6 Å². The van der Waals surface area contributed by atoms with Gasteiger partial charge in [0.15, 0.2) is 0 Å². The second kappa shape index (κ2) is 7.34. The Morgan fingerprint density at radius 2 is 2.26 bits per heavy atom. The lowest BCUT2D eigenvalue weighted by Crippen LogP contribution is -2.49. The Kier molecular flexibility index (Phi) is 5.68. The van der Waals surface area contributed by atoms with Crippen LogP contribution in [0.1, 0.15) is 46.2 Å². The van der Waals surface area contributed by atoms with Gasteiger partial charge in [0.2, 0.25) is 0 Å². The number of hydrogen-bond acceptors (Lipinski definition) is 4. The van der Waals surface area contributed by atoms with Crippen molar-refractivity contribution in [1.82, 2.24) is 19.8 Å². The normalized spacial score (nSPS) is 19.9. The van der Waals surface area contributed by atoms with Crippen LogP contribution < -0.4 is 5.32 Å². The first-order chi connectivity index (χ1) is 10.8. The highest BCUT2D eigenvalue weighted by molar-refractivity contribution is 5.69. The predicted molar refractivity (Wildman–Crippen MR) is 90.3 cm³/mol. The molecular formula is C17H30N4O2. The van der Waals surface area contributed by atoms with E-state index in [0.29, 0.717) is 0 Å². The summed E-state index contributed by atoms with van der Waals surface area (Å²) in [5.41, 5.74) is 0.764. The minimum absolute atomic E-state index is 0.194. The van der Waals surface area contributed by atoms with Gasteiger partial charge in [0.05, 0.1) is 12.4 Å². The molecule has 1 fully saturated rings. The lowest BCUT2D eigenvalue weighted by molar-refractivity contribution is 0.0201. The molecule has 1 aliphatic heterocycles. The maximum atomic E-state index is 12.3. The first-order valence-electron chi connectivity index (χ1n) is 8.46. The van der Waals surface area contributed by atoms with E-state index in [1.165, 1.54) is 5.69 Å². The highest BCUT2D eigenvalue weighted by atomic mass is 16.6. The van der Waals surface area contributed by atoms with Crippen molar-refractivity contribution in [2.24, 2.45) is 7.05 Å². The van der Waals surface area contributed by atoms with Gasteiger partial charge in [-0.3, -0.25) is 0 Å². The molecule has 6 nitrogen and oxygen atoms in total. The number of hydrogen-bond donors (Lipinski definition) is 1. The minimum Gasteiger partial charge on any atom is -0.444 e. The Balaban J connectivity index is 1.84. The standard InChI is InChI=1S/C17H30N4O2/c1-13(19-9-8-14-11-18-12-20(14)5)15-7-6-10-21(15)16(22)23-17(2,3)4/h11-13,15,19H,6-10H2,1-5H3/t13-,15-/m0/s1. The number of aryl methyl sites for hydroxylation is 1. The van der Waals surface area contributed by atoms with Crippen molar-refractivity contribution >= 4 is 6.09 Å². The number of ether oxygens (including phenoxy) is 1. The average molecular weight is 322 g/mol. The van der Waals surface area contributed by atoms with Crippen molar-refractivity contribution in [1.29, 1.82) is 0 Å². The summed E-state index contributed by atoms with van der Waals surface area (Å²) >= 11 is 0. The van der Waals surface area contributed by atoms with Gasteiger partial charge in [-0.05, 0) is 40.5 Å². The topological polar surface area (TPSA) is 59.4 Å². The molecule has 0 radical (unpaired) electrons. The summed E-state index contributed by atoms with van der Waals surface area (Å²) in [6, 6.07) is 0.453. The Morgan fingerprint density at radius 3 is 2.87 bits per heavy atom. The zero-order valence-electron chi connectivity index (χ0n) is 15.0. The van der Waals surface area contributed by atoms with Gasteiger partial charge < -0.3 is 19.5 Å². The van der Waals surface area contributed by atoms with E-state index in [1.807, 2.05) is 49.8 Å². The third-order valence-corrected chi connectivity index (χ3v) is 4.27. The van der Waals surface area contributed by atoms with Crippen molar-refractivity contribution < 1.29 is 9.53 Å². The number of nitrogens with one attached hydrogen (secondary N) is 1. The van der Waals surface area contributed by atoms with E-state index in [0.717, 1.165) is 32.4 Å². The molecule has 2 atom stereocenters. The van der Waals surface area contributed by atoms with Crippen molar-refractivity contribution in [3.8, 4) is 0 Å². The van der Waals surface area contributed by atoms with Crippen LogP contribution in [-0.2, 0) is 18.2 Å². The van der Waals surface area contributed by atoms with Crippen LogP contribution in [0.4, 0.5) is 4.79 Å². The zero-order chi connectivity index (χ0) is 17.0. The van der Waals surface area contributed by atoms with Crippen molar-refractivity contribution in [2.75, 3.05) is 13.1 Å². The quantitative estimate of drug-likeness (QED) is 0.904. The number of carbonyl (C=O) groups excluding carboxylic acids is 1. The molecule has 1 aliphatic rings. The van der Waals surface area contributed by atoms with E-state index < -0.39 is 5.60 Å². The SMILES string of the molecule is C[C@H](NCCc1cncn1C)[C@@H]1CCCN1C(=O)OC(C)(C)C. The van der Waals surface area contributed by atoms with Crippen LogP contribution >= 0.6 is 0 Å². The Labute approximate surface area is 139 Å². The molecule has 1 aromatic rings. The van der Waals surface area contributed by atoms with Crippen molar-refractivity contribution in [3.63, 3.8) is 0 Å². The molecule has 0 aliphatic carbocycles. The van der Waals surface area contributed by atoms with E-state index in [2.05, 4.69) is 17.2 Å². The highest BCUT2D eigenvalue weighted by Gasteiger charge is 2.35. The average Bonchev–Trinajstić information content (AvgIpc) is 3.06. The zero-order valence-corrected chi connectivity index (χ0v) is 15.0. The van der Waals surface area contributed by atoms with Crippen LogP contribution in [0.2, 0.25) is 0 Å². The van der Waals surface area contributed by atoms with Crippen LogP contribution in [-0.4, -0.2) is 51.3 Å². The van der Waals surface area contributed by atoms with E-state index in [9.17, 15) is 4.79 Å². The summed E-state index contributed by atoms with van der Waals surface area (Å²) in [5, 5.41) is 3.55. The van der Waals surface area contributed by atoms with Crippen LogP contribution in [0.15, 0.2) is 12.5 Å². The number of rotatable bonds is 5. The molecule has 23 heavy (non-hydrogen) atoms. The number of amides is 1. The largest absolute Gasteiger partial charge is 0.444 e. The molecule has 0 saturated carbocycles. The van der Waals surface area contributed by atoms with Gasteiger partial charge in [0.25, 0.3) is 0 Å². The summed E-state index contributed by atoms with van der Waals surface area (Å²) in [6.07, 6.45) is 6.52. The number of carbonyl (C=O) groups is 1. The second-order valence-corrected chi connectivity index (χ2v) is 7.37. The third kappa shape index (κ3) is 4.96. The first-order valence-corrected chi connectivity index (χ1v) is 8.46. The second-order valence-electron chi connectivity index (χ2n) is 7.37. The summed E-state index contributed by atoms with van der Waals surface area (Å²) in [6.45, 7) is 9.53. The first kappa shape index (κ1) is 17.8. The van der Waals surface area contributed by atoms with E-state index in [4.69, 9.17) is 4.74 Å². The van der Waals surface area contributed by atoms with E-state index in [-0.39, 0.29) is 18.2 Å². The smallest absolute Gasteiger partial charge is 0.410 e. The van der Waals surface area contributed by atoms with Crippen molar-refractivity contribution in [3.05, 3.63) is 18.2 Å². The van der Waals surface area contributed by atoms with Gasteiger partial charge in [0.1, 0.15) is 5.60 Å². The fourth-order valence-corrected chi connectivity index (χ4v) is 3.05. The Morgan fingerprint density at radius 1 is 1.52 bits per heavy atom. The summed E-state index contributed by atoms with van der Waals surface area (Å²) < 4.78 is 7.57. The third-order valence-electron chi connectivity index (χ3n) is 4.27. The maximum Gasteiger partial charge on any atom is 0.410 e. The molecule has 1 aromatic heterocycles. The van der Waals surface area contributed by atoms with Gasteiger partial charge in [-0.2, -0.15) is 0 Å². The minimum atomic E-state index is -0.444. The molecular weight excluding hydrogens is 292 g/mol. The molecule has 130 valence electrons. The maximum absolute atomic E-state index is 12.3. The van der Waals surface area contributed by atoms with Gasteiger partial charge in [-0.25, -0.2) is 9.78 Å². The molecule has 1 N–H and O–H groups in total. The molecule has 0 spiro atoms. The van der Waals surface area contributed by atoms with Crippen LogP contribution in [0.3, 0.4) is 0 Å². The molecule has 0 bridgehead atoms. The summed E-state index contributed by atoms with van der Waals surface area (Å²) in [7, 11) is 2.01. The van der Waals surface area contributed by atoms with E-state index in [1.54, 1.807) is 0 Å². The predicted octanol–water partition coefficient (Wildman–Crippen LogP) is 2.34. The molecule has 1 saturated heterocycles. The molecule has 1 amide bonds. The molecule has 0 aromatic carbocycles. The fourth-order valence-electron chi connectivity index (χ4n) is 3.05. The Bertz CT molecular complexity index is 521. The van der Waals surface area contributed by atoms with Gasteiger partial charge >= 0.3 is 6.09 Å².